The van der Waals surface area contributed by atoms with Crippen LogP contribution in [0.4, 0.5) is 10.2 Å². The smallest absolute Gasteiger partial charge is 0.459 e. The van der Waals surface area contributed by atoms with Crippen LogP contribution in [0.2, 0.25) is 0 Å². The number of para-hydroxylation sites is 1. The summed E-state index contributed by atoms with van der Waals surface area (Å²) in [6.07, 6.45) is -3.35. The lowest BCUT2D eigenvalue weighted by molar-refractivity contribution is -0.144. The number of halogens is 1. The summed E-state index contributed by atoms with van der Waals surface area (Å²) in [5.74, 6) is -0.243. The van der Waals surface area contributed by atoms with E-state index in [4.69, 9.17) is 18.5 Å². The van der Waals surface area contributed by atoms with Gasteiger partial charge in [0, 0.05) is 13.2 Å². The summed E-state index contributed by atoms with van der Waals surface area (Å²) >= 11 is 0. The van der Waals surface area contributed by atoms with Gasteiger partial charge in [0.25, 0.3) is 0 Å². The highest BCUT2D eigenvalue weighted by molar-refractivity contribution is 7.52. The molecule has 1 aliphatic heterocycles. The first-order valence-corrected chi connectivity index (χ1v) is 12.8. The molecule has 1 saturated heterocycles. The summed E-state index contributed by atoms with van der Waals surface area (Å²) in [4.78, 5) is 28.2. The Labute approximate surface area is 207 Å². The zero-order chi connectivity index (χ0) is 26.5. The van der Waals surface area contributed by atoms with Gasteiger partial charge < -0.3 is 24.4 Å². The van der Waals surface area contributed by atoms with Crippen molar-refractivity contribution in [3.05, 3.63) is 53.1 Å². The Balaban J connectivity index is 1.79. The molecule has 2 heterocycles. The fourth-order valence-corrected chi connectivity index (χ4v) is 5.02. The molecule has 12 nitrogen and oxygen atoms in total. The van der Waals surface area contributed by atoms with Gasteiger partial charge in [0.15, 0.2) is 11.9 Å². The monoisotopic (exact) mass is 528 g/mol. The second-order valence-corrected chi connectivity index (χ2v) is 9.87. The largest absolute Gasteiger partial charge is 0.465 e. The maximum atomic E-state index is 15.5. The molecule has 2 aromatic rings. The molecule has 14 heteroatoms. The predicted molar refractivity (Wildman–Crippen MR) is 127 cm³/mol. The Morgan fingerprint density at radius 2 is 2.06 bits per heavy atom. The summed E-state index contributed by atoms with van der Waals surface area (Å²) in [7, 11) is -2.69. The lowest BCUT2D eigenvalue weighted by Gasteiger charge is -2.25. The van der Waals surface area contributed by atoms with Crippen LogP contribution in [0.1, 0.15) is 27.0 Å². The molecule has 0 radical (unpaired) electrons. The molecule has 198 valence electrons. The highest BCUT2D eigenvalue weighted by atomic mass is 31.2. The zero-order valence-corrected chi connectivity index (χ0v) is 21.2. The molecule has 36 heavy (non-hydrogen) atoms. The predicted octanol–water partition coefficient (Wildman–Crippen LogP) is 2.02. The van der Waals surface area contributed by atoms with Crippen molar-refractivity contribution in [1.29, 1.82) is 0 Å². The van der Waals surface area contributed by atoms with Gasteiger partial charge >= 0.3 is 19.4 Å². The lowest BCUT2D eigenvalue weighted by atomic mass is 9.98. The molecule has 2 unspecified atom stereocenters. The second-order valence-electron chi connectivity index (χ2n) is 8.18. The minimum Gasteiger partial charge on any atom is -0.465 e. The van der Waals surface area contributed by atoms with E-state index < -0.39 is 56.2 Å². The average molecular weight is 528 g/mol. The number of aromatic nitrogens is 2. The van der Waals surface area contributed by atoms with Crippen molar-refractivity contribution in [3.63, 3.8) is 0 Å². The second kappa shape index (κ2) is 11.5. The normalized spacial score (nSPS) is 26.1. The van der Waals surface area contributed by atoms with E-state index >= 15 is 4.39 Å². The molecule has 1 aliphatic rings. The first kappa shape index (κ1) is 27.8. The molecule has 0 bridgehead atoms. The molecule has 0 aliphatic carbocycles. The van der Waals surface area contributed by atoms with E-state index in [0.29, 0.717) is 0 Å². The summed E-state index contributed by atoms with van der Waals surface area (Å²) in [6.45, 7) is 3.61. The Morgan fingerprint density at radius 1 is 1.36 bits per heavy atom. The van der Waals surface area contributed by atoms with Crippen LogP contribution in [0.3, 0.4) is 0 Å². The molecular weight excluding hydrogens is 498 g/mol. The molecule has 0 amide bonds. The van der Waals surface area contributed by atoms with Crippen molar-refractivity contribution in [1.82, 2.24) is 14.6 Å². The number of anilines is 1. The van der Waals surface area contributed by atoms with Gasteiger partial charge in [0.1, 0.15) is 29.8 Å². The summed E-state index contributed by atoms with van der Waals surface area (Å²) in [6, 6.07) is 8.42. The van der Waals surface area contributed by atoms with E-state index in [9.17, 15) is 19.3 Å². The fraction of sp³-hybridized carbons (Fsp3) is 0.500. The number of rotatable bonds is 11. The molecule has 0 spiro atoms. The number of nitrogens with one attached hydrogen (secondary N) is 2. The fourth-order valence-electron chi connectivity index (χ4n) is 3.52. The quantitative estimate of drug-likeness (QED) is 0.290. The number of aliphatic hydroxyl groups excluding tert-OH is 1. The molecule has 1 aromatic heterocycles. The third kappa shape index (κ3) is 6.29. The molecule has 0 saturated carbocycles. The van der Waals surface area contributed by atoms with E-state index in [2.05, 4.69) is 15.4 Å². The third-order valence-electron chi connectivity index (χ3n) is 5.43. The van der Waals surface area contributed by atoms with Crippen LogP contribution in [-0.4, -0.2) is 64.8 Å². The number of carbonyl (C=O) groups is 1. The highest BCUT2D eigenvalue weighted by Crippen LogP contribution is 2.47. The van der Waals surface area contributed by atoms with Gasteiger partial charge in [-0.05, 0) is 39.0 Å². The van der Waals surface area contributed by atoms with Crippen LogP contribution >= 0.6 is 7.75 Å². The maximum Gasteiger partial charge on any atom is 0.459 e. The standard InChI is InChI=1S/C22H30FN4O8P/c1-5-32-19(29)14(2)26-36(31,35-15-9-7-6-8-10-15)33-13-16-18(28)22(3,23)20(34-16)27-12-11-17(24-4)25-21(27)30/h6-12,14,16,18,20,28H,5,13H2,1-4H3,(H,26,31)(H,24,25,30)/t14-,16+,18?,20+,22+,36?/m0/s1. The van der Waals surface area contributed by atoms with Gasteiger partial charge in [0.2, 0.25) is 0 Å². The van der Waals surface area contributed by atoms with Crippen LogP contribution in [-0.2, 0) is 23.4 Å². The van der Waals surface area contributed by atoms with E-state index in [0.717, 1.165) is 11.5 Å². The number of benzene rings is 1. The van der Waals surface area contributed by atoms with Crippen molar-refractivity contribution in [3.8, 4) is 5.75 Å². The van der Waals surface area contributed by atoms with Gasteiger partial charge in [0.05, 0.1) is 13.2 Å². The number of esters is 1. The van der Waals surface area contributed by atoms with Crippen LogP contribution < -0.4 is 20.6 Å². The van der Waals surface area contributed by atoms with Crippen LogP contribution in [0, 0.1) is 0 Å². The SMILES string of the molecule is CCOC(=O)[C@H](C)NP(=O)(OC[C@H]1O[C@@H](n2ccc(NC)nc2=O)[C@](C)(F)C1O)Oc1ccccc1. The first-order valence-electron chi connectivity index (χ1n) is 11.2. The molecule has 1 fully saturated rings. The van der Waals surface area contributed by atoms with Crippen molar-refractivity contribution >= 4 is 19.5 Å². The first-order chi connectivity index (χ1) is 17.0. The number of carbonyl (C=O) groups excluding carboxylic acids is 1. The van der Waals surface area contributed by atoms with Crippen molar-refractivity contribution in [2.75, 3.05) is 25.6 Å². The summed E-state index contributed by atoms with van der Waals surface area (Å²) < 4.78 is 51.5. The molecule has 3 rings (SSSR count). The van der Waals surface area contributed by atoms with Crippen LogP contribution in [0.15, 0.2) is 47.4 Å². The Hall–Kier alpha value is -2.83. The number of hydrogen-bond acceptors (Lipinski definition) is 10. The maximum absolute atomic E-state index is 15.5. The van der Waals surface area contributed by atoms with E-state index in [1.165, 1.54) is 31.3 Å². The van der Waals surface area contributed by atoms with Gasteiger partial charge in [-0.2, -0.15) is 10.1 Å². The number of nitrogens with zero attached hydrogens (tertiary/aromatic N) is 2. The topological polar surface area (TPSA) is 150 Å². The zero-order valence-electron chi connectivity index (χ0n) is 20.3. The van der Waals surface area contributed by atoms with Crippen LogP contribution in [0.25, 0.3) is 0 Å². The minimum atomic E-state index is -4.26. The van der Waals surface area contributed by atoms with Crippen molar-refractivity contribution < 1.29 is 37.4 Å². The van der Waals surface area contributed by atoms with Gasteiger partial charge in [-0.15, -0.1) is 0 Å². The number of hydrogen-bond donors (Lipinski definition) is 3. The van der Waals surface area contributed by atoms with E-state index in [1.807, 2.05) is 0 Å². The van der Waals surface area contributed by atoms with E-state index in [-0.39, 0.29) is 18.2 Å². The third-order valence-corrected chi connectivity index (χ3v) is 7.07. The van der Waals surface area contributed by atoms with Crippen molar-refractivity contribution in [2.45, 2.75) is 50.9 Å². The average Bonchev–Trinajstić information content (AvgIpc) is 3.06. The minimum absolute atomic E-state index is 0.109. The lowest BCUT2D eigenvalue weighted by Crippen LogP contribution is -2.43. The molecule has 6 atom stereocenters. The Bertz CT molecular complexity index is 1150. The Morgan fingerprint density at radius 3 is 2.67 bits per heavy atom. The van der Waals surface area contributed by atoms with Crippen molar-refractivity contribution in [2.24, 2.45) is 0 Å². The molecular formula is C22H30FN4O8P. The Kier molecular flexibility index (Phi) is 8.85. The van der Waals surface area contributed by atoms with Gasteiger partial charge in [-0.25, -0.2) is 13.8 Å². The summed E-state index contributed by atoms with van der Waals surface area (Å²) in [5, 5.41) is 15.8. The number of alkyl halides is 1. The highest BCUT2D eigenvalue weighted by Gasteiger charge is 2.56. The molecule has 1 aromatic carbocycles. The van der Waals surface area contributed by atoms with Crippen LogP contribution in [0.5, 0.6) is 5.75 Å². The number of ether oxygens (including phenoxy) is 2. The van der Waals surface area contributed by atoms with Gasteiger partial charge in [-0.3, -0.25) is 13.9 Å². The van der Waals surface area contributed by atoms with E-state index in [1.54, 1.807) is 32.2 Å². The summed E-state index contributed by atoms with van der Waals surface area (Å²) in [5.41, 5.74) is -3.22. The van der Waals surface area contributed by atoms with Gasteiger partial charge in [-0.1, -0.05) is 18.2 Å². The number of aliphatic hydroxyl groups is 1. The molecule has 3 N–H and O–H groups in total.